The van der Waals surface area contributed by atoms with E-state index in [1.165, 1.54) is 0 Å². The van der Waals surface area contributed by atoms with Crippen molar-refractivity contribution in [3.8, 4) is 0 Å². The fraction of sp³-hybridized carbons (Fsp3) is 0.467. The van der Waals surface area contributed by atoms with E-state index in [2.05, 4.69) is 17.3 Å². The average molecular weight is 258 g/mol. The van der Waals surface area contributed by atoms with Gasteiger partial charge in [-0.2, -0.15) is 0 Å². The van der Waals surface area contributed by atoms with Crippen molar-refractivity contribution in [1.29, 1.82) is 0 Å². The van der Waals surface area contributed by atoms with Crippen molar-refractivity contribution in [2.45, 2.75) is 31.1 Å². The second-order valence-corrected chi connectivity index (χ2v) is 5.41. The zero-order valence-electron chi connectivity index (χ0n) is 10.9. The van der Waals surface area contributed by atoms with Crippen molar-refractivity contribution in [1.82, 2.24) is 4.90 Å². The number of likely N-dealkylation sites (tertiary alicyclic amines) is 1. The fourth-order valence-electron chi connectivity index (χ4n) is 2.88. The van der Waals surface area contributed by atoms with Gasteiger partial charge in [0.15, 0.2) is 0 Å². The molecule has 100 valence electrons. The maximum absolute atomic E-state index is 12.7. The number of piperidine rings is 1. The third-order valence-electron chi connectivity index (χ3n) is 4.25. The van der Waals surface area contributed by atoms with Gasteiger partial charge in [0.05, 0.1) is 11.1 Å². The third kappa shape index (κ3) is 2.11. The third-order valence-corrected chi connectivity index (χ3v) is 4.25. The molecule has 2 fully saturated rings. The maximum atomic E-state index is 12.7. The normalized spacial score (nSPS) is 21.1. The number of oxime groups is 1. The first kappa shape index (κ1) is 12.2. The Balaban J connectivity index is 1.75. The molecule has 4 nitrogen and oxygen atoms in total. The van der Waals surface area contributed by atoms with E-state index >= 15 is 0 Å². The Morgan fingerprint density at radius 2 is 1.79 bits per heavy atom. The predicted molar refractivity (Wildman–Crippen MR) is 72.4 cm³/mol. The second kappa shape index (κ2) is 4.68. The van der Waals surface area contributed by atoms with Gasteiger partial charge in [0.1, 0.15) is 0 Å². The van der Waals surface area contributed by atoms with Crippen molar-refractivity contribution in [2.75, 3.05) is 13.1 Å². The summed E-state index contributed by atoms with van der Waals surface area (Å²) in [6, 6.07) is 10.1. The highest BCUT2D eigenvalue weighted by Crippen LogP contribution is 2.49. The molecule has 1 saturated carbocycles. The molecule has 3 rings (SSSR count). The molecule has 0 unspecified atom stereocenters. The van der Waals surface area contributed by atoms with Gasteiger partial charge in [0.25, 0.3) is 0 Å². The Kier molecular flexibility index (Phi) is 3.01. The van der Waals surface area contributed by atoms with E-state index in [1.807, 2.05) is 23.1 Å². The Bertz CT molecular complexity index is 496. The minimum atomic E-state index is -0.269. The van der Waals surface area contributed by atoms with Crippen molar-refractivity contribution in [2.24, 2.45) is 5.16 Å². The van der Waals surface area contributed by atoms with E-state index in [-0.39, 0.29) is 11.3 Å². The smallest absolute Gasteiger partial charge is 0.233 e. The molecule has 2 aliphatic rings. The van der Waals surface area contributed by atoms with Crippen LogP contribution in [0.1, 0.15) is 31.2 Å². The Labute approximate surface area is 112 Å². The minimum Gasteiger partial charge on any atom is -0.411 e. The molecule has 1 amide bonds. The van der Waals surface area contributed by atoms with Crippen molar-refractivity contribution < 1.29 is 10.0 Å². The summed E-state index contributed by atoms with van der Waals surface area (Å²) in [4.78, 5) is 14.6. The lowest BCUT2D eigenvalue weighted by atomic mass is 9.93. The fourth-order valence-corrected chi connectivity index (χ4v) is 2.88. The number of hydrogen-bond donors (Lipinski definition) is 1. The first-order valence-electron chi connectivity index (χ1n) is 6.81. The maximum Gasteiger partial charge on any atom is 0.233 e. The quantitative estimate of drug-likeness (QED) is 0.653. The molecule has 19 heavy (non-hydrogen) atoms. The second-order valence-electron chi connectivity index (χ2n) is 5.41. The summed E-state index contributed by atoms with van der Waals surface area (Å²) < 4.78 is 0. The van der Waals surface area contributed by atoms with Crippen LogP contribution in [0.5, 0.6) is 0 Å². The van der Waals surface area contributed by atoms with Gasteiger partial charge >= 0.3 is 0 Å². The molecule has 1 aliphatic heterocycles. The summed E-state index contributed by atoms with van der Waals surface area (Å²) in [5.41, 5.74) is 1.67. The van der Waals surface area contributed by atoms with Crippen molar-refractivity contribution in [3.63, 3.8) is 0 Å². The molecule has 0 aromatic heterocycles. The lowest BCUT2D eigenvalue weighted by Crippen LogP contribution is -2.44. The van der Waals surface area contributed by atoms with Gasteiger partial charge in [-0.15, -0.1) is 0 Å². The first-order valence-corrected chi connectivity index (χ1v) is 6.81. The molecule has 0 radical (unpaired) electrons. The summed E-state index contributed by atoms with van der Waals surface area (Å²) in [7, 11) is 0. The number of rotatable bonds is 2. The SMILES string of the molecule is O=C(N1CCC(=NO)CC1)C1(c2ccccc2)CC1. The average Bonchev–Trinajstić information content (AvgIpc) is 3.29. The van der Waals surface area contributed by atoms with Crippen LogP contribution in [0.3, 0.4) is 0 Å². The van der Waals surface area contributed by atoms with E-state index in [9.17, 15) is 4.79 Å². The van der Waals surface area contributed by atoms with Crippen LogP contribution in [0.4, 0.5) is 0 Å². The van der Waals surface area contributed by atoms with Crippen LogP contribution in [-0.4, -0.2) is 34.8 Å². The molecular formula is C15H18N2O2. The van der Waals surface area contributed by atoms with E-state index in [0.29, 0.717) is 25.9 Å². The molecule has 0 bridgehead atoms. The van der Waals surface area contributed by atoms with Gasteiger partial charge in [0, 0.05) is 25.9 Å². The first-order chi connectivity index (χ1) is 9.26. The predicted octanol–water partition coefficient (Wildman–Crippen LogP) is 2.17. The molecule has 1 aromatic carbocycles. The summed E-state index contributed by atoms with van der Waals surface area (Å²) in [6.07, 6.45) is 3.28. The minimum absolute atomic E-state index is 0.246. The van der Waals surface area contributed by atoms with E-state index in [4.69, 9.17) is 5.21 Å². The highest BCUT2D eigenvalue weighted by molar-refractivity contribution is 5.93. The van der Waals surface area contributed by atoms with Gasteiger partial charge in [-0.05, 0) is 18.4 Å². The molecule has 0 atom stereocenters. The topological polar surface area (TPSA) is 52.9 Å². The number of carbonyl (C=O) groups is 1. The van der Waals surface area contributed by atoms with Crippen molar-refractivity contribution in [3.05, 3.63) is 35.9 Å². The number of benzene rings is 1. The molecule has 1 heterocycles. The number of nitrogens with zero attached hydrogens (tertiary/aromatic N) is 2. The zero-order valence-corrected chi connectivity index (χ0v) is 10.9. The monoisotopic (exact) mass is 258 g/mol. The van der Waals surface area contributed by atoms with Gasteiger partial charge in [-0.1, -0.05) is 35.5 Å². The van der Waals surface area contributed by atoms with Crippen LogP contribution < -0.4 is 0 Å². The number of carbonyl (C=O) groups excluding carboxylic acids is 1. The van der Waals surface area contributed by atoms with Crippen LogP contribution in [-0.2, 0) is 10.2 Å². The molecule has 1 aromatic rings. The van der Waals surface area contributed by atoms with Gasteiger partial charge < -0.3 is 10.1 Å². The Morgan fingerprint density at radius 3 is 2.32 bits per heavy atom. The molecule has 1 aliphatic carbocycles. The van der Waals surface area contributed by atoms with E-state index in [1.54, 1.807) is 0 Å². The lowest BCUT2D eigenvalue weighted by Gasteiger charge is -2.31. The Morgan fingerprint density at radius 1 is 1.16 bits per heavy atom. The van der Waals surface area contributed by atoms with Gasteiger partial charge in [0.2, 0.25) is 5.91 Å². The van der Waals surface area contributed by atoms with E-state index < -0.39 is 0 Å². The Hall–Kier alpha value is -1.84. The van der Waals surface area contributed by atoms with Crippen LogP contribution >= 0.6 is 0 Å². The molecule has 4 heteroatoms. The zero-order chi connectivity index (χ0) is 13.3. The molecular weight excluding hydrogens is 240 g/mol. The lowest BCUT2D eigenvalue weighted by molar-refractivity contribution is -0.134. The highest BCUT2D eigenvalue weighted by atomic mass is 16.4. The standard InChI is InChI=1S/C15H18N2O2/c18-14(17-10-6-13(16-19)7-11-17)15(8-9-15)12-4-2-1-3-5-12/h1-5,19H,6-11H2. The van der Waals surface area contributed by atoms with Crippen LogP contribution in [0.15, 0.2) is 35.5 Å². The van der Waals surface area contributed by atoms with Crippen LogP contribution in [0.25, 0.3) is 0 Å². The summed E-state index contributed by atoms with van der Waals surface area (Å²) in [5.74, 6) is 0.246. The van der Waals surface area contributed by atoms with Crippen LogP contribution in [0, 0.1) is 0 Å². The summed E-state index contributed by atoms with van der Waals surface area (Å²) in [5, 5.41) is 12.0. The van der Waals surface area contributed by atoms with Crippen LogP contribution in [0.2, 0.25) is 0 Å². The summed E-state index contributed by atoms with van der Waals surface area (Å²) in [6.45, 7) is 1.35. The van der Waals surface area contributed by atoms with Crippen molar-refractivity contribution >= 4 is 11.6 Å². The number of hydrogen-bond acceptors (Lipinski definition) is 3. The van der Waals surface area contributed by atoms with Gasteiger partial charge in [-0.25, -0.2) is 0 Å². The molecule has 1 N–H and O–H groups in total. The molecule has 0 spiro atoms. The number of amides is 1. The van der Waals surface area contributed by atoms with E-state index in [0.717, 1.165) is 24.1 Å². The summed E-state index contributed by atoms with van der Waals surface area (Å²) >= 11 is 0. The van der Waals surface area contributed by atoms with Gasteiger partial charge in [-0.3, -0.25) is 4.79 Å². The highest BCUT2D eigenvalue weighted by Gasteiger charge is 2.53. The largest absolute Gasteiger partial charge is 0.411 e. The molecule has 1 saturated heterocycles.